The first-order valence-corrected chi connectivity index (χ1v) is 11.3. The molecule has 3 aliphatic rings. The van der Waals surface area contributed by atoms with Gasteiger partial charge < -0.3 is 9.80 Å². The van der Waals surface area contributed by atoms with E-state index in [0.29, 0.717) is 12.0 Å². The molecule has 2 aromatic rings. The van der Waals surface area contributed by atoms with Crippen molar-refractivity contribution in [2.24, 2.45) is 0 Å². The number of hydrogen-bond acceptors (Lipinski definition) is 5. The van der Waals surface area contributed by atoms with Gasteiger partial charge in [-0.15, -0.1) is 0 Å². The van der Waals surface area contributed by atoms with E-state index in [2.05, 4.69) is 22.9 Å². The lowest BCUT2D eigenvalue weighted by Crippen LogP contribution is -2.52. The summed E-state index contributed by atoms with van der Waals surface area (Å²) < 4.78 is 1.13. The van der Waals surface area contributed by atoms with Crippen molar-refractivity contribution < 1.29 is 14.4 Å². The highest BCUT2D eigenvalue weighted by molar-refractivity contribution is 14.1. The van der Waals surface area contributed by atoms with Crippen LogP contribution in [0.3, 0.4) is 0 Å². The minimum atomic E-state index is -0.639. The van der Waals surface area contributed by atoms with Crippen LogP contribution in [0.15, 0.2) is 30.3 Å². The highest BCUT2D eigenvalue weighted by Gasteiger charge is 2.43. The summed E-state index contributed by atoms with van der Waals surface area (Å²) in [6.45, 7) is 4.01. The van der Waals surface area contributed by atoms with E-state index in [9.17, 15) is 14.4 Å². The van der Waals surface area contributed by atoms with Gasteiger partial charge in [0, 0.05) is 42.5 Å². The van der Waals surface area contributed by atoms with Gasteiger partial charge in [-0.05, 0) is 44.6 Å². The van der Waals surface area contributed by atoms with Crippen molar-refractivity contribution >= 4 is 62.7 Å². The number of amides is 3. The molecule has 0 bridgehead atoms. The molecule has 30 heavy (non-hydrogen) atoms. The van der Waals surface area contributed by atoms with Gasteiger partial charge in [-0.2, -0.15) is 0 Å². The zero-order valence-corrected chi connectivity index (χ0v) is 19.0. The highest BCUT2D eigenvalue weighted by atomic mass is 127. The summed E-state index contributed by atoms with van der Waals surface area (Å²) in [4.78, 5) is 44.4. The second kappa shape index (κ2) is 7.49. The van der Waals surface area contributed by atoms with Crippen LogP contribution in [0.1, 0.15) is 29.6 Å². The number of carbonyl (C=O) groups excluding carboxylic acids is 3. The van der Waals surface area contributed by atoms with E-state index >= 15 is 0 Å². The lowest BCUT2D eigenvalue weighted by Gasteiger charge is -2.33. The summed E-state index contributed by atoms with van der Waals surface area (Å²) in [6, 6.07) is 9.25. The van der Waals surface area contributed by atoms with Crippen molar-refractivity contribution in [1.82, 2.24) is 8.01 Å². The summed E-state index contributed by atoms with van der Waals surface area (Å²) in [6.07, 6.45) is 1.72. The molecule has 0 saturated carbocycles. The van der Waals surface area contributed by atoms with Gasteiger partial charge in [0.15, 0.2) is 0 Å². The minimum Gasteiger partial charge on any atom is -0.370 e. The number of rotatable bonds is 2. The van der Waals surface area contributed by atoms with Crippen LogP contribution in [0.5, 0.6) is 0 Å². The third-order valence-electron chi connectivity index (χ3n) is 6.41. The Balaban J connectivity index is 1.58. The number of halogens is 1. The number of carbonyl (C=O) groups is 3. The van der Waals surface area contributed by atoms with E-state index in [1.165, 1.54) is 0 Å². The molecule has 5 rings (SSSR count). The number of likely N-dealkylation sites (N-methyl/N-ethyl adjacent to an activating group) is 1. The van der Waals surface area contributed by atoms with E-state index in [4.69, 9.17) is 0 Å². The monoisotopic (exact) mass is 518 g/mol. The Hall–Kier alpha value is -2.20. The summed E-state index contributed by atoms with van der Waals surface area (Å²) in [7, 11) is 2.15. The molecule has 0 aromatic heterocycles. The predicted octanol–water partition coefficient (Wildman–Crippen LogP) is 2.81. The number of piperidine rings is 1. The standard InChI is InChI=1S/C22H23IN4O3/c1-24-10-3-11-25(13-12-24)16-7-6-15-20-14(16)4-2-5-17(20)26(21(15)29)18-8-9-19(28)27(23)22(18)30/h2,4-7,18H,3,8-13H2,1H3. The Labute approximate surface area is 189 Å². The van der Waals surface area contributed by atoms with E-state index in [-0.39, 0.29) is 24.1 Å². The van der Waals surface area contributed by atoms with Gasteiger partial charge in [0.25, 0.3) is 11.8 Å². The highest BCUT2D eigenvalue weighted by Crippen LogP contribution is 2.43. The molecule has 2 fully saturated rings. The molecule has 3 heterocycles. The van der Waals surface area contributed by atoms with Crippen LogP contribution in [0.4, 0.5) is 11.4 Å². The first-order chi connectivity index (χ1) is 14.5. The van der Waals surface area contributed by atoms with Crippen molar-refractivity contribution in [2.75, 3.05) is 43.0 Å². The largest absolute Gasteiger partial charge is 0.370 e. The normalized spacial score (nSPS) is 22.9. The molecule has 0 radical (unpaired) electrons. The average molecular weight is 518 g/mol. The molecule has 7 nitrogen and oxygen atoms in total. The average Bonchev–Trinajstić information content (AvgIpc) is 2.88. The van der Waals surface area contributed by atoms with Gasteiger partial charge >= 0.3 is 0 Å². The fourth-order valence-corrected chi connectivity index (χ4v) is 5.40. The first-order valence-electron chi connectivity index (χ1n) is 10.3. The molecular formula is C22H23IN4O3. The summed E-state index contributed by atoms with van der Waals surface area (Å²) in [5.74, 6) is -0.672. The van der Waals surface area contributed by atoms with E-state index in [1.54, 1.807) is 27.8 Å². The Morgan fingerprint density at radius 1 is 0.967 bits per heavy atom. The minimum absolute atomic E-state index is 0.152. The summed E-state index contributed by atoms with van der Waals surface area (Å²) in [5, 5.41) is 1.97. The SMILES string of the molecule is CN1CCCN(c2ccc3c4c(cccc24)N(C2CCC(=O)N(I)C2=O)C3=O)CC1. The van der Waals surface area contributed by atoms with Gasteiger partial charge in [-0.1, -0.05) is 12.1 Å². The number of anilines is 2. The molecule has 156 valence electrons. The second-order valence-corrected chi connectivity index (χ2v) is 9.18. The Bertz CT molecular complexity index is 1070. The van der Waals surface area contributed by atoms with Gasteiger partial charge in [-0.25, -0.2) is 3.11 Å². The predicted molar refractivity (Wildman–Crippen MR) is 124 cm³/mol. The molecule has 0 N–H and O–H groups in total. The number of imide groups is 1. The summed E-state index contributed by atoms with van der Waals surface area (Å²) in [5.41, 5.74) is 2.56. The quantitative estimate of drug-likeness (QED) is 0.348. The van der Waals surface area contributed by atoms with E-state index in [1.807, 2.05) is 24.3 Å². The van der Waals surface area contributed by atoms with Gasteiger partial charge in [0.1, 0.15) is 6.04 Å². The zero-order chi connectivity index (χ0) is 21.0. The molecule has 3 aliphatic heterocycles. The maximum absolute atomic E-state index is 13.3. The molecule has 3 amide bonds. The Morgan fingerprint density at radius 3 is 2.63 bits per heavy atom. The zero-order valence-electron chi connectivity index (χ0n) is 16.8. The lowest BCUT2D eigenvalue weighted by molar-refractivity contribution is -0.140. The summed E-state index contributed by atoms with van der Waals surface area (Å²) >= 11 is 1.75. The van der Waals surface area contributed by atoms with Crippen molar-refractivity contribution in [3.8, 4) is 0 Å². The molecular weight excluding hydrogens is 495 g/mol. The molecule has 0 aliphatic carbocycles. The second-order valence-electron chi connectivity index (χ2n) is 8.22. The number of benzene rings is 2. The first kappa shape index (κ1) is 19.7. The van der Waals surface area contributed by atoms with Crippen LogP contribution in [0, 0.1) is 0 Å². The smallest absolute Gasteiger partial charge is 0.261 e. The maximum Gasteiger partial charge on any atom is 0.261 e. The third-order valence-corrected chi connectivity index (χ3v) is 7.42. The fraction of sp³-hybridized carbons (Fsp3) is 0.409. The molecule has 2 saturated heterocycles. The Morgan fingerprint density at radius 2 is 1.80 bits per heavy atom. The van der Waals surface area contributed by atoms with Gasteiger partial charge in [0.2, 0.25) is 5.91 Å². The van der Waals surface area contributed by atoms with Crippen LogP contribution in [-0.2, 0) is 9.59 Å². The lowest BCUT2D eigenvalue weighted by atomic mass is 10.0. The van der Waals surface area contributed by atoms with Crippen LogP contribution in [0.25, 0.3) is 10.8 Å². The molecule has 1 atom stereocenters. The number of nitrogens with zero attached hydrogens (tertiary/aromatic N) is 4. The van der Waals surface area contributed by atoms with Crippen LogP contribution in [0.2, 0.25) is 0 Å². The van der Waals surface area contributed by atoms with E-state index in [0.717, 1.165) is 57.9 Å². The van der Waals surface area contributed by atoms with Gasteiger partial charge in [-0.3, -0.25) is 19.3 Å². The topological polar surface area (TPSA) is 64.2 Å². The third kappa shape index (κ3) is 2.99. The van der Waals surface area contributed by atoms with Gasteiger partial charge in [0.05, 0.1) is 34.1 Å². The van der Waals surface area contributed by atoms with Crippen molar-refractivity contribution in [2.45, 2.75) is 25.3 Å². The molecule has 2 aromatic carbocycles. The number of hydrogen-bond donors (Lipinski definition) is 0. The van der Waals surface area contributed by atoms with Crippen LogP contribution in [-0.4, -0.2) is 65.0 Å². The fourth-order valence-electron chi connectivity index (χ4n) is 4.84. The molecule has 1 unspecified atom stereocenters. The van der Waals surface area contributed by atoms with Crippen molar-refractivity contribution in [1.29, 1.82) is 0 Å². The Kier molecular flexibility index (Phi) is 4.93. The van der Waals surface area contributed by atoms with Crippen LogP contribution >= 0.6 is 22.9 Å². The van der Waals surface area contributed by atoms with Crippen molar-refractivity contribution in [3.05, 3.63) is 35.9 Å². The molecule has 8 heteroatoms. The van der Waals surface area contributed by atoms with Crippen LogP contribution < -0.4 is 9.80 Å². The van der Waals surface area contributed by atoms with E-state index < -0.39 is 6.04 Å². The van der Waals surface area contributed by atoms with Crippen molar-refractivity contribution in [3.63, 3.8) is 0 Å². The maximum atomic E-state index is 13.3. The molecule has 0 spiro atoms.